The number of rotatable bonds is 6. The number of halogens is 2. The second kappa shape index (κ2) is 6.96. The fraction of sp³-hybridized carbons (Fsp3) is 0.455. The minimum atomic E-state index is -0.201. The largest absolute Gasteiger partial charge is 0.497 e. The first-order valence-electron chi connectivity index (χ1n) is 4.74. The maximum Gasteiger partial charge on any atom is 0.130 e. The van der Waals surface area contributed by atoms with E-state index in [4.69, 9.17) is 16.3 Å². The number of hydrogen-bond donors (Lipinski definition) is 0. The van der Waals surface area contributed by atoms with Gasteiger partial charge in [0, 0.05) is 17.7 Å². The first kappa shape index (κ1) is 12.7. The Labute approximate surface area is 99.0 Å². The van der Waals surface area contributed by atoms with Crippen molar-refractivity contribution >= 4 is 23.4 Å². The Bertz CT molecular complexity index is 307. The minimum absolute atomic E-state index is 0.201. The van der Waals surface area contributed by atoms with Crippen LogP contribution in [0.4, 0.5) is 4.39 Å². The molecule has 1 rings (SSSR count). The Balaban J connectivity index is 2.47. The molecule has 0 spiro atoms. The van der Waals surface area contributed by atoms with Gasteiger partial charge in [-0.15, -0.1) is 11.6 Å². The molecule has 1 nitrogen and oxygen atoms in total. The van der Waals surface area contributed by atoms with E-state index < -0.39 is 0 Å². The molecule has 0 amide bonds. The standard InChI is InChI=1S/C11H14ClFOS/c1-14-10-4-3-9(11(13)7-10)8-15-6-2-5-12/h3-4,7H,2,5-6,8H2,1H3. The third-order valence-electron chi connectivity index (χ3n) is 1.94. The van der Waals surface area contributed by atoms with Crippen molar-refractivity contribution < 1.29 is 9.13 Å². The molecule has 0 aliphatic rings. The van der Waals surface area contributed by atoms with Crippen LogP contribution in [0.3, 0.4) is 0 Å². The highest BCUT2D eigenvalue weighted by Crippen LogP contribution is 2.20. The molecule has 0 saturated heterocycles. The van der Waals surface area contributed by atoms with Crippen LogP contribution in [0.5, 0.6) is 5.75 Å². The summed E-state index contributed by atoms with van der Waals surface area (Å²) in [7, 11) is 1.53. The van der Waals surface area contributed by atoms with Crippen molar-refractivity contribution in [3.8, 4) is 5.75 Å². The number of benzene rings is 1. The van der Waals surface area contributed by atoms with Crippen molar-refractivity contribution in [2.45, 2.75) is 12.2 Å². The van der Waals surface area contributed by atoms with Crippen LogP contribution in [-0.4, -0.2) is 18.7 Å². The molecule has 0 heterocycles. The summed E-state index contributed by atoms with van der Waals surface area (Å²) >= 11 is 7.24. The molecule has 0 radical (unpaired) electrons. The summed E-state index contributed by atoms with van der Waals surface area (Å²) in [5, 5.41) is 0. The summed E-state index contributed by atoms with van der Waals surface area (Å²) in [6.07, 6.45) is 0.962. The lowest BCUT2D eigenvalue weighted by molar-refractivity contribution is 0.411. The van der Waals surface area contributed by atoms with Gasteiger partial charge in [-0.3, -0.25) is 0 Å². The minimum Gasteiger partial charge on any atom is -0.497 e. The van der Waals surface area contributed by atoms with Gasteiger partial charge in [0.1, 0.15) is 11.6 Å². The van der Waals surface area contributed by atoms with Gasteiger partial charge in [-0.25, -0.2) is 4.39 Å². The Kier molecular flexibility index (Phi) is 5.88. The van der Waals surface area contributed by atoms with Crippen LogP contribution in [-0.2, 0) is 5.75 Å². The maximum atomic E-state index is 13.4. The monoisotopic (exact) mass is 248 g/mol. The summed E-state index contributed by atoms with van der Waals surface area (Å²) in [6, 6.07) is 4.96. The molecule has 1 aromatic rings. The van der Waals surface area contributed by atoms with Gasteiger partial charge < -0.3 is 4.74 Å². The summed E-state index contributed by atoms with van der Waals surface area (Å²) in [6.45, 7) is 0. The first-order valence-corrected chi connectivity index (χ1v) is 6.43. The van der Waals surface area contributed by atoms with E-state index in [1.165, 1.54) is 13.2 Å². The summed E-state index contributed by atoms with van der Waals surface area (Å²) in [4.78, 5) is 0. The Morgan fingerprint density at radius 1 is 1.47 bits per heavy atom. The molecule has 0 bridgehead atoms. The molecule has 4 heteroatoms. The number of thioether (sulfide) groups is 1. The van der Waals surface area contributed by atoms with Gasteiger partial charge in [0.25, 0.3) is 0 Å². The molecule has 0 unspecified atom stereocenters. The van der Waals surface area contributed by atoms with Gasteiger partial charge in [0.05, 0.1) is 7.11 Å². The second-order valence-corrected chi connectivity index (χ2v) is 4.54. The van der Waals surface area contributed by atoms with Gasteiger partial charge in [0.2, 0.25) is 0 Å². The summed E-state index contributed by atoms with van der Waals surface area (Å²) in [5.74, 6) is 2.68. The van der Waals surface area contributed by atoms with Crippen molar-refractivity contribution in [1.82, 2.24) is 0 Å². The molecule has 0 atom stereocenters. The number of alkyl halides is 1. The molecular formula is C11H14ClFOS. The molecule has 0 aliphatic carbocycles. The van der Waals surface area contributed by atoms with Gasteiger partial charge in [-0.05, 0) is 23.8 Å². The van der Waals surface area contributed by atoms with E-state index in [0.717, 1.165) is 17.7 Å². The fourth-order valence-electron chi connectivity index (χ4n) is 1.11. The summed E-state index contributed by atoms with van der Waals surface area (Å²) in [5.41, 5.74) is 0.718. The van der Waals surface area contributed by atoms with Crippen LogP contribution in [0.1, 0.15) is 12.0 Å². The van der Waals surface area contributed by atoms with Crippen molar-refractivity contribution in [3.63, 3.8) is 0 Å². The topological polar surface area (TPSA) is 9.23 Å². The Hall–Kier alpha value is -0.410. The van der Waals surface area contributed by atoms with Gasteiger partial charge in [-0.2, -0.15) is 11.8 Å². The third kappa shape index (κ3) is 4.31. The average molecular weight is 249 g/mol. The van der Waals surface area contributed by atoms with E-state index >= 15 is 0 Å². The van der Waals surface area contributed by atoms with Crippen molar-refractivity contribution in [2.24, 2.45) is 0 Å². The van der Waals surface area contributed by atoms with Crippen LogP contribution < -0.4 is 4.74 Å². The van der Waals surface area contributed by atoms with Crippen LogP contribution in [0.15, 0.2) is 18.2 Å². The van der Waals surface area contributed by atoms with Gasteiger partial charge in [-0.1, -0.05) is 6.07 Å². The van der Waals surface area contributed by atoms with Crippen LogP contribution in [0, 0.1) is 5.82 Å². The lowest BCUT2D eigenvalue weighted by Gasteiger charge is -2.05. The highest BCUT2D eigenvalue weighted by atomic mass is 35.5. The van der Waals surface area contributed by atoms with E-state index in [1.54, 1.807) is 23.9 Å². The SMILES string of the molecule is COc1ccc(CSCCCCl)c(F)c1. The number of ether oxygens (including phenoxy) is 1. The Morgan fingerprint density at radius 3 is 2.87 bits per heavy atom. The quantitative estimate of drug-likeness (QED) is 0.561. The van der Waals surface area contributed by atoms with Crippen molar-refractivity contribution in [1.29, 1.82) is 0 Å². The number of hydrogen-bond acceptors (Lipinski definition) is 2. The molecule has 0 fully saturated rings. The highest BCUT2D eigenvalue weighted by molar-refractivity contribution is 7.98. The van der Waals surface area contributed by atoms with Crippen LogP contribution in [0.2, 0.25) is 0 Å². The van der Waals surface area contributed by atoms with Crippen LogP contribution in [0.25, 0.3) is 0 Å². The smallest absolute Gasteiger partial charge is 0.130 e. The normalized spacial score (nSPS) is 10.3. The van der Waals surface area contributed by atoms with E-state index in [9.17, 15) is 4.39 Å². The molecule has 0 aliphatic heterocycles. The van der Waals surface area contributed by atoms with E-state index in [2.05, 4.69) is 0 Å². The predicted molar refractivity (Wildman–Crippen MR) is 64.5 cm³/mol. The molecule has 0 aromatic heterocycles. The molecule has 0 N–H and O–H groups in total. The van der Waals surface area contributed by atoms with E-state index in [0.29, 0.717) is 17.4 Å². The molecule has 0 saturated carbocycles. The van der Waals surface area contributed by atoms with Crippen molar-refractivity contribution in [2.75, 3.05) is 18.7 Å². The molecular weight excluding hydrogens is 235 g/mol. The average Bonchev–Trinajstić information content (AvgIpc) is 2.26. The highest BCUT2D eigenvalue weighted by Gasteiger charge is 2.03. The second-order valence-electron chi connectivity index (χ2n) is 3.05. The third-order valence-corrected chi connectivity index (χ3v) is 3.30. The van der Waals surface area contributed by atoms with Gasteiger partial charge in [0.15, 0.2) is 0 Å². The predicted octanol–water partition coefficient (Wildman–Crippen LogP) is 3.70. The summed E-state index contributed by atoms with van der Waals surface area (Å²) < 4.78 is 18.4. The number of methoxy groups -OCH3 is 1. The zero-order valence-electron chi connectivity index (χ0n) is 8.63. The molecule has 15 heavy (non-hydrogen) atoms. The first-order chi connectivity index (χ1) is 7.27. The maximum absolute atomic E-state index is 13.4. The van der Waals surface area contributed by atoms with Crippen molar-refractivity contribution in [3.05, 3.63) is 29.6 Å². The van der Waals surface area contributed by atoms with E-state index in [1.807, 2.05) is 0 Å². The van der Waals surface area contributed by atoms with Crippen LogP contribution >= 0.6 is 23.4 Å². The zero-order chi connectivity index (χ0) is 11.1. The fourth-order valence-corrected chi connectivity index (χ4v) is 2.35. The van der Waals surface area contributed by atoms with E-state index in [-0.39, 0.29) is 5.82 Å². The van der Waals surface area contributed by atoms with Gasteiger partial charge >= 0.3 is 0 Å². The molecule has 84 valence electrons. The Morgan fingerprint density at radius 2 is 2.27 bits per heavy atom. The molecule has 1 aromatic carbocycles. The lowest BCUT2D eigenvalue weighted by Crippen LogP contribution is -1.91. The zero-order valence-corrected chi connectivity index (χ0v) is 10.2. The lowest BCUT2D eigenvalue weighted by atomic mass is 10.2.